The highest BCUT2D eigenvalue weighted by Crippen LogP contribution is 2.23. The molecule has 1 atom stereocenters. The molecule has 1 rings (SSSR count). The molecule has 1 unspecified atom stereocenters. The number of nitrogens with one attached hydrogen (secondary N) is 1. The van der Waals surface area contributed by atoms with E-state index in [9.17, 15) is 13.2 Å². The lowest BCUT2D eigenvalue weighted by atomic mass is 10.2. The highest BCUT2D eigenvalue weighted by Gasteiger charge is 2.23. The van der Waals surface area contributed by atoms with Crippen molar-refractivity contribution >= 4 is 21.7 Å². The van der Waals surface area contributed by atoms with Gasteiger partial charge in [-0.1, -0.05) is 0 Å². The van der Waals surface area contributed by atoms with Crippen molar-refractivity contribution in [2.24, 2.45) is 0 Å². The van der Waals surface area contributed by atoms with Crippen LogP contribution in [0.3, 0.4) is 0 Å². The van der Waals surface area contributed by atoms with Gasteiger partial charge in [-0.05, 0) is 25.1 Å². The smallest absolute Gasteiger partial charge is 0.337 e. The summed E-state index contributed by atoms with van der Waals surface area (Å²) in [5.41, 5.74) is -0.372. The lowest BCUT2D eigenvalue weighted by Gasteiger charge is -2.12. The molecule has 0 amide bonds. The van der Waals surface area contributed by atoms with E-state index in [1.54, 1.807) is 6.07 Å². The molecule has 0 spiro atoms. The van der Waals surface area contributed by atoms with Gasteiger partial charge in [0.25, 0.3) is 0 Å². The van der Waals surface area contributed by atoms with Gasteiger partial charge in [-0.25, -0.2) is 13.2 Å². The van der Waals surface area contributed by atoms with Gasteiger partial charge in [-0.2, -0.15) is 5.26 Å². The number of sulfonamides is 1. The summed E-state index contributed by atoms with van der Waals surface area (Å²) in [6, 6.07) is 5.45. The van der Waals surface area contributed by atoms with Gasteiger partial charge in [0, 0.05) is 0 Å². The molecule has 0 bridgehead atoms. The second-order valence-corrected chi connectivity index (χ2v) is 5.64. The molecule has 0 aromatic heterocycles. The number of anilines is 1. The Morgan fingerprint density at radius 3 is 2.63 bits per heavy atom. The first-order chi connectivity index (χ1) is 8.81. The lowest BCUT2D eigenvalue weighted by molar-refractivity contribution is 0.0697. The van der Waals surface area contributed by atoms with Crippen LogP contribution in [0.5, 0.6) is 5.75 Å². The van der Waals surface area contributed by atoms with Crippen molar-refractivity contribution in [3.8, 4) is 11.8 Å². The molecule has 0 saturated heterocycles. The maximum atomic E-state index is 11.7. The number of carboxylic acid groups (broad SMARTS) is 1. The highest BCUT2D eigenvalue weighted by molar-refractivity contribution is 7.93. The zero-order valence-corrected chi connectivity index (χ0v) is 11.1. The summed E-state index contributed by atoms with van der Waals surface area (Å²) in [5, 5.41) is 16.3. The molecule has 19 heavy (non-hydrogen) atoms. The quantitative estimate of drug-likeness (QED) is 0.834. The number of nitrogens with zero attached hydrogens (tertiary/aromatic N) is 1. The third-order valence-corrected chi connectivity index (χ3v) is 3.90. The Bertz CT molecular complexity index is 633. The fourth-order valence-electron chi connectivity index (χ4n) is 1.23. The summed E-state index contributed by atoms with van der Waals surface area (Å²) < 4.78 is 30.4. The Kier molecular flexibility index (Phi) is 4.34. The topological polar surface area (TPSA) is 116 Å². The van der Waals surface area contributed by atoms with E-state index in [2.05, 4.69) is 4.72 Å². The second-order valence-electron chi connectivity index (χ2n) is 3.64. The maximum Gasteiger partial charge on any atom is 0.337 e. The average Bonchev–Trinajstić information content (AvgIpc) is 2.37. The van der Waals surface area contributed by atoms with Crippen molar-refractivity contribution in [3.63, 3.8) is 0 Å². The van der Waals surface area contributed by atoms with Crippen LogP contribution in [0.4, 0.5) is 5.69 Å². The minimum Gasteiger partial charge on any atom is -0.497 e. The highest BCUT2D eigenvalue weighted by atomic mass is 32.2. The van der Waals surface area contributed by atoms with Crippen LogP contribution in [-0.2, 0) is 10.0 Å². The van der Waals surface area contributed by atoms with Crippen molar-refractivity contribution in [3.05, 3.63) is 23.8 Å². The first kappa shape index (κ1) is 14.8. The molecular formula is C11H12N2O5S. The number of hydrogen-bond donors (Lipinski definition) is 2. The van der Waals surface area contributed by atoms with Crippen molar-refractivity contribution in [2.75, 3.05) is 11.8 Å². The lowest BCUT2D eigenvalue weighted by Crippen LogP contribution is -2.24. The standard InChI is InChI=1S/C11H12N2O5S/c1-7(6-12)19(16,17)13-10-4-3-8(18-2)5-9(10)11(14)15/h3-5,7,13H,1-2H3,(H,14,15). The molecule has 1 aromatic rings. The van der Waals surface area contributed by atoms with Crippen molar-refractivity contribution in [2.45, 2.75) is 12.2 Å². The van der Waals surface area contributed by atoms with Crippen molar-refractivity contribution < 1.29 is 23.1 Å². The minimum atomic E-state index is -3.95. The van der Waals surface area contributed by atoms with Gasteiger partial charge in [-0.15, -0.1) is 0 Å². The van der Waals surface area contributed by atoms with Crippen LogP contribution >= 0.6 is 0 Å². The number of aromatic carboxylic acids is 1. The van der Waals surface area contributed by atoms with Crippen LogP contribution < -0.4 is 9.46 Å². The SMILES string of the molecule is COc1ccc(NS(=O)(=O)C(C)C#N)c(C(=O)O)c1. The van der Waals surface area contributed by atoms with Crippen LogP contribution in [0.2, 0.25) is 0 Å². The molecule has 0 saturated carbocycles. The monoisotopic (exact) mass is 284 g/mol. The largest absolute Gasteiger partial charge is 0.497 e. The number of ether oxygens (including phenoxy) is 1. The molecule has 0 fully saturated rings. The Morgan fingerprint density at radius 1 is 1.53 bits per heavy atom. The molecule has 102 valence electrons. The van der Waals surface area contributed by atoms with Gasteiger partial charge in [0.05, 0.1) is 24.4 Å². The molecule has 7 nitrogen and oxygen atoms in total. The predicted octanol–water partition coefficient (Wildman–Crippen LogP) is 1.05. The van der Waals surface area contributed by atoms with Gasteiger partial charge < -0.3 is 9.84 Å². The third kappa shape index (κ3) is 3.35. The maximum absolute atomic E-state index is 11.7. The fraction of sp³-hybridized carbons (Fsp3) is 0.273. The molecule has 2 N–H and O–H groups in total. The summed E-state index contributed by atoms with van der Waals surface area (Å²) in [7, 11) is -2.59. The van der Waals surface area contributed by atoms with Gasteiger partial charge in [-0.3, -0.25) is 4.72 Å². The number of hydrogen-bond acceptors (Lipinski definition) is 5. The van der Waals surface area contributed by atoms with Gasteiger partial charge >= 0.3 is 5.97 Å². The van der Waals surface area contributed by atoms with E-state index in [-0.39, 0.29) is 17.0 Å². The van der Waals surface area contributed by atoms with E-state index in [1.165, 1.54) is 32.2 Å². The normalized spacial score (nSPS) is 12.3. The number of benzene rings is 1. The molecular weight excluding hydrogens is 272 g/mol. The minimum absolute atomic E-state index is 0.115. The Morgan fingerprint density at radius 2 is 2.16 bits per heavy atom. The summed E-state index contributed by atoms with van der Waals surface area (Å²) in [4.78, 5) is 11.1. The first-order valence-electron chi connectivity index (χ1n) is 5.14. The molecule has 0 aliphatic carbocycles. The fourth-order valence-corrected chi connectivity index (χ4v) is 2.03. The van der Waals surface area contributed by atoms with Crippen molar-refractivity contribution in [1.82, 2.24) is 0 Å². The van der Waals surface area contributed by atoms with Gasteiger partial charge in [0.2, 0.25) is 10.0 Å². The average molecular weight is 284 g/mol. The molecule has 0 aliphatic rings. The summed E-state index contributed by atoms with van der Waals surface area (Å²) >= 11 is 0. The van der Waals surface area contributed by atoms with Gasteiger partial charge in [0.1, 0.15) is 5.75 Å². The third-order valence-electron chi connectivity index (χ3n) is 2.36. The van der Waals surface area contributed by atoms with Crippen LogP contribution in [0.25, 0.3) is 0 Å². The van der Waals surface area contributed by atoms with E-state index in [4.69, 9.17) is 15.1 Å². The summed E-state index contributed by atoms with van der Waals surface area (Å²) in [5.74, 6) is -1.02. The first-order valence-corrected chi connectivity index (χ1v) is 6.69. The van der Waals surface area contributed by atoms with Crippen LogP contribution in [0.15, 0.2) is 18.2 Å². The Labute approximate surface area is 110 Å². The van der Waals surface area contributed by atoms with E-state index >= 15 is 0 Å². The molecule has 8 heteroatoms. The number of rotatable bonds is 5. The summed E-state index contributed by atoms with van der Waals surface area (Å²) in [6.07, 6.45) is 0. The number of nitriles is 1. The molecule has 0 radical (unpaired) electrons. The van der Waals surface area contributed by atoms with E-state index < -0.39 is 21.2 Å². The molecule has 1 aromatic carbocycles. The Hall–Kier alpha value is -2.27. The van der Waals surface area contributed by atoms with E-state index in [0.717, 1.165) is 0 Å². The molecule has 0 aliphatic heterocycles. The van der Waals surface area contributed by atoms with Crippen LogP contribution in [-0.4, -0.2) is 31.9 Å². The van der Waals surface area contributed by atoms with Crippen molar-refractivity contribution in [1.29, 1.82) is 5.26 Å². The number of carbonyl (C=O) groups is 1. The molecule has 0 heterocycles. The summed E-state index contributed by atoms with van der Waals surface area (Å²) in [6.45, 7) is 1.20. The number of carboxylic acids is 1. The van der Waals surface area contributed by atoms with E-state index in [1.807, 2.05) is 0 Å². The van der Waals surface area contributed by atoms with Gasteiger partial charge in [0.15, 0.2) is 5.25 Å². The zero-order chi connectivity index (χ0) is 14.6. The van der Waals surface area contributed by atoms with Crippen LogP contribution in [0.1, 0.15) is 17.3 Å². The predicted molar refractivity (Wildman–Crippen MR) is 67.6 cm³/mol. The second kappa shape index (κ2) is 5.58. The zero-order valence-electron chi connectivity index (χ0n) is 10.2. The van der Waals surface area contributed by atoms with E-state index in [0.29, 0.717) is 0 Å². The van der Waals surface area contributed by atoms with Crippen LogP contribution in [0, 0.1) is 11.3 Å². The number of methoxy groups -OCH3 is 1. The Balaban J connectivity index is 3.23.